The molecule has 0 spiro atoms. The Morgan fingerprint density at radius 1 is 1.13 bits per heavy atom. The largest absolute Gasteiger partial charge is 0.310 e. The quantitative estimate of drug-likeness (QED) is 0.567. The summed E-state index contributed by atoms with van der Waals surface area (Å²) in [6.07, 6.45) is 5.64. The fourth-order valence-corrected chi connectivity index (χ4v) is 6.84. The maximum absolute atomic E-state index is 13.2. The molecule has 1 unspecified atom stereocenters. The van der Waals surface area contributed by atoms with Crippen LogP contribution in [0.4, 0.5) is 5.69 Å². The first-order chi connectivity index (χ1) is 14.7. The van der Waals surface area contributed by atoms with Crippen LogP contribution in [-0.2, 0) is 31.3 Å². The second-order valence-electron chi connectivity index (χ2n) is 7.85. The van der Waals surface area contributed by atoms with Crippen LogP contribution >= 0.6 is 11.8 Å². The van der Waals surface area contributed by atoms with Crippen molar-refractivity contribution in [1.82, 2.24) is 9.03 Å². The number of anilines is 1. The van der Waals surface area contributed by atoms with Gasteiger partial charge in [-0.05, 0) is 68.4 Å². The molecule has 2 aliphatic rings. The molecule has 2 heterocycles. The number of piperidine rings is 1. The monoisotopic (exact) mass is 489 g/mol. The number of sulfonamides is 2. The Labute approximate surface area is 189 Å². The third-order valence-electron chi connectivity index (χ3n) is 5.78. The molecule has 0 aromatic heterocycles. The zero-order valence-electron chi connectivity index (χ0n) is 18.0. The van der Waals surface area contributed by atoms with Gasteiger partial charge in [0.1, 0.15) is 6.04 Å². The van der Waals surface area contributed by atoms with E-state index in [1.54, 1.807) is 34.9 Å². The maximum Gasteiger partial charge on any atom is 0.245 e. The molecule has 0 bridgehead atoms. The van der Waals surface area contributed by atoms with Gasteiger partial charge in [0.15, 0.2) is 0 Å². The highest BCUT2D eigenvalue weighted by Gasteiger charge is 2.33. The topological polar surface area (TPSA) is 104 Å². The van der Waals surface area contributed by atoms with Gasteiger partial charge in [0, 0.05) is 25.3 Å². The first-order valence-corrected chi connectivity index (χ1v) is 15.1. The van der Waals surface area contributed by atoms with Crippen LogP contribution in [0.15, 0.2) is 23.1 Å². The van der Waals surface area contributed by atoms with E-state index in [4.69, 9.17) is 0 Å². The molecule has 3 rings (SSSR count). The number of hydrogen-bond donors (Lipinski definition) is 1. The van der Waals surface area contributed by atoms with Crippen molar-refractivity contribution in [2.75, 3.05) is 42.3 Å². The van der Waals surface area contributed by atoms with Gasteiger partial charge in [0.05, 0.1) is 10.6 Å². The maximum atomic E-state index is 13.2. The minimum absolute atomic E-state index is 0.0929. The lowest BCUT2D eigenvalue weighted by Gasteiger charge is -2.26. The Balaban J connectivity index is 1.82. The van der Waals surface area contributed by atoms with Gasteiger partial charge in [-0.3, -0.25) is 4.79 Å². The molecule has 1 aromatic rings. The van der Waals surface area contributed by atoms with Crippen molar-refractivity contribution < 1.29 is 21.6 Å². The summed E-state index contributed by atoms with van der Waals surface area (Å²) in [5, 5.41) is 0. The van der Waals surface area contributed by atoms with E-state index in [1.807, 2.05) is 6.26 Å². The smallest absolute Gasteiger partial charge is 0.245 e. The molecule has 1 saturated heterocycles. The van der Waals surface area contributed by atoms with Crippen LogP contribution < -0.4 is 9.62 Å². The van der Waals surface area contributed by atoms with Crippen LogP contribution in [-0.4, -0.2) is 70.5 Å². The Hall–Kier alpha value is -1.14. The molecule has 31 heavy (non-hydrogen) atoms. The molecule has 0 saturated carbocycles. The number of hydrogen-bond acceptors (Lipinski definition) is 6. The number of rotatable bonds is 9. The van der Waals surface area contributed by atoms with E-state index >= 15 is 0 Å². The molecular weight excluding hydrogens is 458 g/mol. The second-order valence-corrected chi connectivity index (χ2v) is 12.8. The van der Waals surface area contributed by atoms with Gasteiger partial charge in [-0.2, -0.15) is 16.1 Å². The number of nitrogens with one attached hydrogen (secondary N) is 1. The van der Waals surface area contributed by atoms with E-state index in [-0.39, 0.29) is 16.6 Å². The van der Waals surface area contributed by atoms with E-state index in [0.717, 1.165) is 24.8 Å². The molecule has 0 radical (unpaired) electrons. The predicted molar refractivity (Wildman–Crippen MR) is 124 cm³/mol. The Bertz CT molecular complexity index is 1000. The van der Waals surface area contributed by atoms with Gasteiger partial charge in [-0.1, -0.05) is 6.42 Å². The average Bonchev–Trinajstić information content (AvgIpc) is 3.20. The summed E-state index contributed by atoms with van der Waals surface area (Å²) in [6.45, 7) is 3.02. The van der Waals surface area contributed by atoms with Crippen LogP contribution in [0, 0.1) is 0 Å². The van der Waals surface area contributed by atoms with E-state index in [0.29, 0.717) is 43.9 Å². The molecule has 0 aliphatic carbocycles. The molecule has 1 aromatic carbocycles. The van der Waals surface area contributed by atoms with Gasteiger partial charge in [-0.15, -0.1) is 0 Å². The van der Waals surface area contributed by atoms with Crippen molar-refractivity contribution >= 4 is 43.4 Å². The van der Waals surface area contributed by atoms with Crippen LogP contribution in [0.1, 0.15) is 38.2 Å². The van der Waals surface area contributed by atoms with E-state index in [1.165, 1.54) is 11.2 Å². The van der Waals surface area contributed by atoms with Gasteiger partial charge < -0.3 is 4.90 Å². The normalized spacial score (nSPS) is 18.7. The van der Waals surface area contributed by atoms with Crippen molar-refractivity contribution in [2.45, 2.75) is 50.0 Å². The third-order valence-corrected chi connectivity index (χ3v) is 9.72. The summed E-state index contributed by atoms with van der Waals surface area (Å²) >= 11 is 1.55. The molecule has 11 heteroatoms. The third kappa shape index (κ3) is 5.62. The number of nitrogens with zero attached hydrogens (tertiary/aromatic N) is 2. The first kappa shape index (κ1) is 24.5. The van der Waals surface area contributed by atoms with Crippen molar-refractivity contribution in [3.63, 3.8) is 0 Å². The molecular formula is C20H31N3O5S3. The fraction of sp³-hybridized carbons (Fsp3) is 0.650. The number of carbonyl (C=O) groups is 1. The zero-order chi connectivity index (χ0) is 22.6. The van der Waals surface area contributed by atoms with E-state index in [9.17, 15) is 21.6 Å². The standard InChI is InChI=1S/C20H31N3O5S3/c1-3-30(25,26)21-18(10-14-29-2)20(24)23-13-9-16-15-17(7-8-19(16)23)31(27,28)22-11-5-4-6-12-22/h7-8,15,18,21H,3-6,9-14H2,1-2H3. The molecule has 8 nitrogen and oxygen atoms in total. The van der Waals surface area contributed by atoms with Crippen LogP contribution in [0.3, 0.4) is 0 Å². The molecule has 1 amide bonds. The number of carbonyl (C=O) groups excluding carboxylic acids is 1. The lowest BCUT2D eigenvalue weighted by Crippen LogP contribution is -2.49. The van der Waals surface area contributed by atoms with Gasteiger partial charge in [0.2, 0.25) is 26.0 Å². The highest BCUT2D eigenvalue weighted by molar-refractivity contribution is 7.98. The molecule has 1 N–H and O–H groups in total. The summed E-state index contributed by atoms with van der Waals surface area (Å²) in [5.41, 5.74) is 1.46. The Morgan fingerprint density at radius 2 is 1.84 bits per heavy atom. The SMILES string of the molecule is CCS(=O)(=O)NC(CCSC)C(=O)N1CCc2cc(S(=O)(=O)N3CCCCC3)ccc21. The summed E-state index contributed by atoms with van der Waals surface area (Å²) in [6, 6.07) is 4.07. The summed E-state index contributed by atoms with van der Waals surface area (Å²) < 4.78 is 54.2. The van der Waals surface area contributed by atoms with Crippen molar-refractivity contribution in [1.29, 1.82) is 0 Å². The van der Waals surface area contributed by atoms with Crippen molar-refractivity contribution in [3.05, 3.63) is 23.8 Å². The lowest BCUT2D eigenvalue weighted by molar-refractivity contribution is -0.120. The predicted octanol–water partition coefficient (Wildman–Crippen LogP) is 1.81. The summed E-state index contributed by atoms with van der Waals surface area (Å²) in [4.78, 5) is 15.0. The Morgan fingerprint density at radius 3 is 2.48 bits per heavy atom. The second kappa shape index (κ2) is 10.2. The molecule has 174 valence electrons. The minimum atomic E-state index is -3.54. The minimum Gasteiger partial charge on any atom is -0.310 e. The number of benzene rings is 1. The van der Waals surface area contributed by atoms with E-state index < -0.39 is 26.1 Å². The fourth-order valence-electron chi connectivity index (χ4n) is 3.98. The first-order valence-electron chi connectivity index (χ1n) is 10.6. The zero-order valence-corrected chi connectivity index (χ0v) is 20.5. The van der Waals surface area contributed by atoms with Crippen molar-refractivity contribution in [2.24, 2.45) is 0 Å². The van der Waals surface area contributed by atoms with Gasteiger partial charge in [-0.25, -0.2) is 21.6 Å². The van der Waals surface area contributed by atoms with Crippen LogP contribution in [0.5, 0.6) is 0 Å². The molecule has 1 atom stereocenters. The van der Waals surface area contributed by atoms with Gasteiger partial charge >= 0.3 is 0 Å². The van der Waals surface area contributed by atoms with Gasteiger partial charge in [0.25, 0.3) is 0 Å². The average molecular weight is 490 g/mol. The van der Waals surface area contributed by atoms with Crippen LogP contribution in [0.25, 0.3) is 0 Å². The summed E-state index contributed by atoms with van der Waals surface area (Å²) in [5.74, 6) is 0.261. The summed E-state index contributed by atoms with van der Waals surface area (Å²) in [7, 11) is -7.07. The molecule has 1 fully saturated rings. The lowest BCUT2D eigenvalue weighted by atomic mass is 10.1. The number of thioether (sulfide) groups is 1. The van der Waals surface area contributed by atoms with Crippen LogP contribution in [0.2, 0.25) is 0 Å². The number of amides is 1. The highest BCUT2D eigenvalue weighted by Crippen LogP contribution is 2.32. The van der Waals surface area contributed by atoms with Crippen molar-refractivity contribution in [3.8, 4) is 0 Å². The Kier molecular flexibility index (Phi) is 8.06. The number of fused-ring (bicyclic) bond motifs is 1. The van der Waals surface area contributed by atoms with E-state index in [2.05, 4.69) is 4.72 Å². The molecule has 2 aliphatic heterocycles. The highest BCUT2D eigenvalue weighted by atomic mass is 32.2.